The molecule has 0 aliphatic rings. The van der Waals surface area contributed by atoms with Crippen LogP contribution in [0.25, 0.3) is 0 Å². The molecule has 106 valence electrons. The Hall–Kier alpha value is -2.28. The van der Waals surface area contributed by atoms with Crippen LogP contribution in [0.15, 0.2) is 30.3 Å². The number of benzene rings is 1. The Morgan fingerprint density at radius 2 is 1.60 bits per heavy atom. The summed E-state index contributed by atoms with van der Waals surface area (Å²) >= 11 is 0. The van der Waals surface area contributed by atoms with E-state index in [0.717, 1.165) is 0 Å². The zero-order chi connectivity index (χ0) is 15.0. The van der Waals surface area contributed by atoms with Gasteiger partial charge in [0.25, 0.3) is 0 Å². The normalized spacial score (nSPS) is 11.5. The molecule has 4 nitrogen and oxygen atoms in total. The van der Waals surface area contributed by atoms with E-state index in [1.165, 1.54) is 0 Å². The molecule has 0 spiro atoms. The van der Waals surface area contributed by atoms with E-state index in [1.54, 1.807) is 38.1 Å². The van der Waals surface area contributed by atoms with Crippen molar-refractivity contribution in [1.82, 2.24) is 0 Å². The molecule has 0 aromatic heterocycles. The van der Waals surface area contributed by atoms with Crippen molar-refractivity contribution in [2.75, 3.05) is 13.2 Å². The van der Waals surface area contributed by atoms with Crippen molar-refractivity contribution in [3.63, 3.8) is 0 Å². The third-order valence-corrected chi connectivity index (χ3v) is 2.75. The number of ether oxygens (including phenoxy) is 2. The van der Waals surface area contributed by atoms with E-state index in [2.05, 4.69) is 5.92 Å². The maximum absolute atomic E-state index is 12.0. The van der Waals surface area contributed by atoms with Gasteiger partial charge in [-0.3, -0.25) is 9.59 Å². The van der Waals surface area contributed by atoms with Crippen molar-refractivity contribution < 1.29 is 19.1 Å². The van der Waals surface area contributed by atoms with Gasteiger partial charge in [-0.15, -0.1) is 6.42 Å². The molecule has 20 heavy (non-hydrogen) atoms. The van der Waals surface area contributed by atoms with Gasteiger partial charge in [0.05, 0.1) is 19.1 Å². The van der Waals surface area contributed by atoms with Crippen molar-refractivity contribution in [2.45, 2.75) is 19.8 Å². The number of hydrogen-bond donors (Lipinski definition) is 0. The minimum absolute atomic E-state index is 0.181. The van der Waals surface area contributed by atoms with Crippen LogP contribution in [-0.4, -0.2) is 25.2 Å². The first-order valence-electron chi connectivity index (χ1n) is 6.50. The second kappa shape index (κ2) is 8.00. The molecule has 0 aliphatic heterocycles. The second-order valence-corrected chi connectivity index (χ2v) is 4.04. The summed E-state index contributed by atoms with van der Waals surface area (Å²) in [4.78, 5) is 24.0. The molecule has 0 saturated heterocycles. The van der Waals surface area contributed by atoms with Crippen LogP contribution in [0, 0.1) is 18.3 Å². The highest BCUT2D eigenvalue weighted by molar-refractivity contribution is 5.96. The van der Waals surface area contributed by atoms with E-state index in [9.17, 15) is 9.59 Å². The molecule has 0 bridgehead atoms. The highest BCUT2D eigenvalue weighted by atomic mass is 16.6. The van der Waals surface area contributed by atoms with Crippen LogP contribution in [0.3, 0.4) is 0 Å². The van der Waals surface area contributed by atoms with Crippen LogP contribution in [0.4, 0.5) is 0 Å². The molecule has 0 aliphatic carbocycles. The van der Waals surface area contributed by atoms with Gasteiger partial charge in [-0.2, -0.15) is 0 Å². The first-order valence-corrected chi connectivity index (χ1v) is 6.50. The Kier molecular flexibility index (Phi) is 6.31. The lowest BCUT2D eigenvalue weighted by atomic mass is 9.86. The Balaban J connectivity index is 3.10. The van der Waals surface area contributed by atoms with E-state index in [1.807, 2.05) is 6.07 Å². The summed E-state index contributed by atoms with van der Waals surface area (Å²) in [6, 6.07) is 8.98. The minimum atomic E-state index is -1.14. The van der Waals surface area contributed by atoms with Crippen molar-refractivity contribution in [3.8, 4) is 12.3 Å². The van der Waals surface area contributed by atoms with Crippen molar-refractivity contribution in [3.05, 3.63) is 35.9 Å². The first kappa shape index (κ1) is 15.8. The van der Waals surface area contributed by atoms with Gasteiger partial charge in [0, 0.05) is 0 Å². The van der Waals surface area contributed by atoms with Gasteiger partial charge in [0.15, 0.2) is 5.92 Å². The van der Waals surface area contributed by atoms with Gasteiger partial charge in [-0.1, -0.05) is 36.3 Å². The van der Waals surface area contributed by atoms with Gasteiger partial charge in [0.1, 0.15) is 0 Å². The van der Waals surface area contributed by atoms with E-state index in [4.69, 9.17) is 15.9 Å². The molecule has 0 amide bonds. The first-order chi connectivity index (χ1) is 9.65. The summed E-state index contributed by atoms with van der Waals surface area (Å²) < 4.78 is 9.88. The molecule has 0 fully saturated rings. The fraction of sp³-hybridized carbons (Fsp3) is 0.375. The topological polar surface area (TPSA) is 52.6 Å². The monoisotopic (exact) mass is 274 g/mol. The van der Waals surface area contributed by atoms with Crippen LogP contribution in [0.2, 0.25) is 0 Å². The van der Waals surface area contributed by atoms with E-state index in [0.29, 0.717) is 5.56 Å². The Bertz CT molecular complexity index is 469. The van der Waals surface area contributed by atoms with Crippen LogP contribution in [0.5, 0.6) is 0 Å². The van der Waals surface area contributed by atoms with Gasteiger partial charge in [-0.25, -0.2) is 0 Å². The van der Waals surface area contributed by atoms with Crippen LogP contribution >= 0.6 is 0 Å². The number of terminal acetylenes is 1. The Morgan fingerprint density at radius 1 is 1.10 bits per heavy atom. The molecule has 1 rings (SSSR count). The third-order valence-electron chi connectivity index (χ3n) is 2.75. The molecule has 0 N–H and O–H groups in total. The predicted octanol–water partition coefficient (Wildman–Crippen LogP) is 2.15. The van der Waals surface area contributed by atoms with Crippen molar-refractivity contribution in [1.29, 1.82) is 0 Å². The van der Waals surface area contributed by atoms with Crippen molar-refractivity contribution >= 4 is 11.9 Å². The molecule has 0 radical (unpaired) electrons. The average Bonchev–Trinajstić information content (AvgIpc) is 2.45. The van der Waals surface area contributed by atoms with E-state index in [-0.39, 0.29) is 13.2 Å². The largest absolute Gasteiger partial charge is 0.465 e. The average molecular weight is 274 g/mol. The molecule has 1 atom stereocenters. The molecule has 1 aromatic carbocycles. The fourth-order valence-corrected chi connectivity index (χ4v) is 1.88. The number of rotatable bonds is 6. The zero-order valence-electron chi connectivity index (χ0n) is 11.7. The SMILES string of the molecule is C#CC(c1ccccc1)C(C(=O)OCC)C(=O)OCC. The molecule has 1 unspecified atom stereocenters. The van der Waals surface area contributed by atoms with Crippen LogP contribution < -0.4 is 0 Å². The van der Waals surface area contributed by atoms with Gasteiger partial charge >= 0.3 is 11.9 Å². The summed E-state index contributed by atoms with van der Waals surface area (Å²) in [6.45, 7) is 3.71. The summed E-state index contributed by atoms with van der Waals surface area (Å²) in [5, 5.41) is 0. The van der Waals surface area contributed by atoms with Gasteiger partial charge in [-0.05, 0) is 19.4 Å². The lowest BCUT2D eigenvalue weighted by molar-refractivity contribution is -0.162. The molecular weight excluding hydrogens is 256 g/mol. The summed E-state index contributed by atoms with van der Waals surface area (Å²) in [7, 11) is 0. The zero-order valence-corrected chi connectivity index (χ0v) is 11.7. The lowest BCUT2D eigenvalue weighted by Crippen LogP contribution is -2.33. The standard InChI is InChI=1S/C16H18O4/c1-4-13(12-10-8-7-9-11-12)14(15(17)19-5-2)16(18)20-6-3/h1,7-11,13-14H,5-6H2,2-3H3. The Morgan fingerprint density at radius 3 is 2.00 bits per heavy atom. The fourth-order valence-electron chi connectivity index (χ4n) is 1.88. The molecular formula is C16H18O4. The maximum Gasteiger partial charge on any atom is 0.321 e. The van der Waals surface area contributed by atoms with Gasteiger partial charge in [0.2, 0.25) is 0 Å². The number of hydrogen-bond acceptors (Lipinski definition) is 4. The summed E-state index contributed by atoms with van der Waals surface area (Å²) in [6.07, 6.45) is 5.51. The summed E-state index contributed by atoms with van der Waals surface area (Å²) in [5.74, 6) is -0.651. The number of carbonyl (C=O) groups is 2. The maximum atomic E-state index is 12.0. The summed E-state index contributed by atoms with van der Waals surface area (Å²) in [5.41, 5.74) is 0.709. The molecule has 1 aromatic rings. The van der Waals surface area contributed by atoms with Crippen LogP contribution in [-0.2, 0) is 19.1 Å². The van der Waals surface area contributed by atoms with Crippen LogP contribution in [0.1, 0.15) is 25.3 Å². The van der Waals surface area contributed by atoms with E-state index < -0.39 is 23.8 Å². The smallest absolute Gasteiger partial charge is 0.321 e. The Labute approximate surface area is 119 Å². The highest BCUT2D eigenvalue weighted by Crippen LogP contribution is 2.26. The highest BCUT2D eigenvalue weighted by Gasteiger charge is 2.37. The minimum Gasteiger partial charge on any atom is -0.465 e. The van der Waals surface area contributed by atoms with E-state index >= 15 is 0 Å². The van der Waals surface area contributed by atoms with Crippen molar-refractivity contribution in [2.24, 2.45) is 5.92 Å². The predicted molar refractivity (Wildman–Crippen MR) is 74.8 cm³/mol. The molecule has 0 saturated carbocycles. The molecule has 0 heterocycles. The van der Waals surface area contributed by atoms with Gasteiger partial charge < -0.3 is 9.47 Å². The number of esters is 2. The second-order valence-electron chi connectivity index (χ2n) is 4.04. The quantitative estimate of drug-likeness (QED) is 0.453. The third kappa shape index (κ3) is 3.86. The lowest BCUT2D eigenvalue weighted by Gasteiger charge is -2.20. The number of carbonyl (C=O) groups excluding carboxylic acids is 2. The molecule has 4 heteroatoms.